The highest BCUT2D eigenvalue weighted by atomic mass is 16.5. The van der Waals surface area contributed by atoms with Crippen LogP contribution < -0.4 is 19.9 Å². The number of carbonyl (C=O) groups excluding carboxylic acids is 1. The van der Waals surface area contributed by atoms with Gasteiger partial charge in [-0.3, -0.25) is 9.59 Å². The van der Waals surface area contributed by atoms with Crippen LogP contribution in [0.3, 0.4) is 0 Å². The van der Waals surface area contributed by atoms with E-state index in [-0.39, 0.29) is 12.5 Å². The summed E-state index contributed by atoms with van der Waals surface area (Å²) in [5, 5.41) is 14.0. The molecule has 5 rings (SSSR count). The predicted molar refractivity (Wildman–Crippen MR) is 119 cm³/mol. The lowest BCUT2D eigenvalue weighted by Crippen LogP contribution is -2.41. The van der Waals surface area contributed by atoms with Gasteiger partial charge in [-0.2, -0.15) is 10.4 Å². The third-order valence-electron chi connectivity index (χ3n) is 5.45. The largest absolute Gasteiger partial charge is 0.497 e. The molecule has 0 bridgehead atoms. The number of nitrogens with zero attached hydrogens (tertiary/aromatic N) is 4. The van der Waals surface area contributed by atoms with E-state index >= 15 is 0 Å². The smallest absolute Gasteiger partial charge is 0.278 e. The Bertz CT molecular complexity index is 1480. The molecule has 9 nitrogen and oxygen atoms in total. The minimum absolute atomic E-state index is 0.267. The average Bonchev–Trinajstić information content (AvgIpc) is 3.35. The van der Waals surface area contributed by atoms with Crippen molar-refractivity contribution in [2.24, 2.45) is 0 Å². The van der Waals surface area contributed by atoms with E-state index in [0.29, 0.717) is 58.1 Å². The highest BCUT2D eigenvalue weighted by Gasteiger charge is 2.26. The molecule has 3 heterocycles. The normalized spacial score (nSPS) is 12.7. The van der Waals surface area contributed by atoms with E-state index in [4.69, 9.17) is 13.9 Å². The number of rotatable bonds is 4. The van der Waals surface area contributed by atoms with E-state index in [0.717, 1.165) is 4.68 Å². The Morgan fingerprint density at radius 2 is 2.12 bits per heavy atom. The van der Waals surface area contributed by atoms with Crippen molar-refractivity contribution in [3.05, 3.63) is 70.7 Å². The van der Waals surface area contributed by atoms with Gasteiger partial charge in [-0.15, -0.1) is 0 Å². The third kappa shape index (κ3) is 3.57. The van der Waals surface area contributed by atoms with Crippen LogP contribution in [-0.4, -0.2) is 35.9 Å². The van der Waals surface area contributed by atoms with Gasteiger partial charge >= 0.3 is 0 Å². The molecule has 0 atom stereocenters. The Kier molecular flexibility index (Phi) is 5.03. The van der Waals surface area contributed by atoms with Crippen LogP contribution in [0, 0.1) is 11.3 Å². The quantitative estimate of drug-likeness (QED) is 0.478. The van der Waals surface area contributed by atoms with Crippen LogP contribution in [0.4, 0.5) is 5.69 Å². The predicted octanol–water partition coefficient (Wildman–Crippen LogP) is 2.96. The second kappa shape index (κ2) is 8.16. The maximum absolute atomic E-state index is 13.2. The van der Waals surface area contributed by atoms with Gasteiger partial charge in [-0.25, -0.2) is 4.68 Å². The molecule has 0 spiro atoms. The Balaban J connectivity index is 1.54. The average molecular weight is 442 g/mol. The number of anilines is 1. The molecular formula is C24H18N4O5. The molecule has 1 aliphatic heterocycles. The van der Waals surface area contributed by atoms with Crippen LogP contribution >= 0.6 is 0 Å². The van der Waals surface area contributed by atoms with E-state index in [1.54, 1.807) is 60.5 Å². The summed E-state index contributed by atoms with van der Waals surface area (Å²) in [6, 6.07) is 15.7. The topological polar surface area (TPSA) is 111 Å². The number of fused-ring (bicyclic) bond motifs is 2. The monoisotopic (exact) mass is 442 g/mol. The van der Waals surface area contributed by atoms with Crippen molar-refractivity contribution in [1.82, 2.24) is 9.78 Å². The Labute approximate surface area is 188 Å². The molecule has 4 aromatic rings. The molecule has 0 saturated heterocycles. The number of ether oxygens (including phenoxy) is 2. The zero-order valence-corrected chi connectivity index (χ0v) is 17.6. The molecule has 1 aliphatic rings. The molecule has 0 N–H and O–H groups in total. The summed E-state index contributed by atoms with van der Waals surface area (Å²) < 4.78 is 17.5. The molecule has 2 aromatic heterocycles. The summed E-state index contributed by atoms with van der Waals surface area (Å²) in [7, 11) is 1.56. The summed E-state index contributed by atoms with van der Waals surface area (Å²) in [4.78, 5) is 27.8. The number of hydrogen-bond donors (Lipinski definition) is 0. The minimum atomic E-state index is -0.435. The number of carbonyl (C=O) groups is 1. The second-order valence-corrected chi connectivity index (χ2v) is 7.39. The summed E-state index contributed by atoms with van der Waals surface area (Å²) in [6.45, 7) is 0.398. The van der Waals surface area contributed by atoms with Crippen molar-refractivity contribution in [3.8, 4) is 28.8 Å². The van der Waals surface area contributed by atoms with E-state index < -0.39 is 5.56 Å². The van der Waals surface area contributed by atoms with Crippen molar-refractivity contribution in [1.29, 1.82) is 5.26 Å². The van der Waals surface area contributed by atoms with Crippen molar-refractivity contribution >= 4 is 22.6 Å². The van der Waals surface area contributed by atoms with Gasteiger partial charge in [0.05, 0.1) is 42.6 Å². The fourth-order valence-electron chi connectivity index (χ4n) is 3.84. The maximum atomic E-state index is 13.2. The van der Waals surface area contributed by atoms with E-state index in [2.05, 4.69) is 11.2 Å². The third-order valence-corrected chi connectivity index (χ3v) is 5.45. The van der Waals surface area contributed by atoms with E-state index in [1.807, 2.05) is 0 Å². The second-order valence-electron chi connectivity index (χ2n) is 7.39. The van der Waals surface area contributed by atoms with Gasteiger partial charge in [0.25, 0.3) is 5.56 Å². The van der Waals surface area contributed by atoms with Crippen LogP contribution in [0.2, 0.25) is 0 Å². The molecule has 9 heteroatoms. The number of methoxy groups -OCH3 is 1. The fraction of sp³-hybridized carbons (Fsp3) is 0.167. The van der Waals surface area contributed by atoms with Crippen molar-refractivity contribution in [3.63, 3.8) is 0 Å². The van der Waals surface area contributed by atoms with Gasteiger partial charge in [0.2, 0.25) is 5.91 Å². The first kappa shape index (κ1) is 20.3. The summed E-state index contributed by atoms with van der Waals surface area (Å²) in [6.07, 6.45) is 1.41. The van der Waals surface area contributed by atoms with Gasteiger partial charge in [-0.05, 0) is 30.3 Å². The fourth-order valence-corrected chi connectivity index (χ4v) is 3.84. The Hall–Kier alpha value is -4.58. The summed E-state index contributed by atoms with van der Waals surface area (Å²) in [5.41, 5.74) is 1.92. The lowest BCUT2D eigenvalue weighted by molar-refractivity contribution is -0.119. The Morgan fingerprint density at radius 1 is 1.24 bits per heavy atom. The van der Waals surface area contributed by atoms with Crippen LogP contribution in [0.1, 0.15) is 5.56 Å². The van der Waals surface area contributed by atoms with Crippen LogP contribution in [0.5, 0.6) is 11.5 Å². The van der Waals surface area contributed by atoms with Crippen molar-refractivity contribution in [2.45, 2.75) is 6.54 Å². The number of nitriles is 1. The molecule has 0 aliphatic carbocycles. The lowest BCUT2D eigenvalue weighted by atomic mass is 10.1. The molecule has 0 fully saturated rings. The van der Waals surface area contributed by atoms with Gasteiger partial charge in [0.15, 0.2) is 5.58 Å². The molecule has 0 unspecified atom stereocenters. The SMILES string of the molecule is COc1ccc2c(c1)OCCN2C(=O)Cn1nc(-c2cccc(C#N)c2)c2occc2c1=O. The molecular weight excluding hydrogens is 424 g/mol. The van der Waals surface area contributed by atoms with E-state index in [9.17, 15) is 14.9 Å². The highest BCUT2D eigenvalue weighted by molar-refractivity contribution is 5.96. The number of hydrogen-bond acceptors (Lipinski definition) is 7. The van der Waals surface area contributed by atoms with Gasteiger partial charge in [0, 0.05) is 11.6 Å². The number of furan rings is 1. The molecule has 0 radical (unpaired) electrons. The molecule has 164 valence electrons. The number of aromatic nitrogens is 2. The Morgan fingerprint density at radius 3 is 2.94 bits per heavy atom. The van der Waals surface area contributed by atoms with E-state index in [1.165, 1.54) is 6.26 Å². The van der Waals surface area contributed by atoms with Crippen LogP contribution in [0.15, 0.2) is 64.0 Å². The first-order chi connectivity index (χ1) is 16.1. The molecule has 2 aromatic carbocycles. The van der Waals surface area contributed by atoms with Gasteiger partial charge < -0.3 is 18.8 Å². The summed E-state index contributed by atoms with van der Waals surface area (Å²) in [5.74, 6) is 0.850. The summed E-state index contributed by atoms with van der Waals surface area (Å²) >= 11 is 0. The molecule has 0 saturated carbocycles. The first-order valence-electron chi connectivity index (χ1n) is 10.2. The van der Waals surface area contributed by atoms with Gasteiger partial charge in [0.1, 0.15) is 30.3 Å². The number of benzene rings is 2. The van der Waals surface area contributed by atoms with Crippen molar-refractivity contribution in [2.75, 3.05) is 25.2 Å². The minimum Gasteiger partial charge on any atom is -0.497 e. The molecule has 1 amide bonds. The van der Waals surface area contributed by atoms with Crippen LogP contribution in [-0.2, 0) is 11.3 Å². The zero-order valence-electron chi connectivity index (χ0n) is 17.6. The lowest BCUT2D eigenvalue weighted by Gasteiger charge is -2.29. The number of amides is 1. The molecule has 33 heavy (non-hydrogen) atoms. The highest BCUT2D eigenvalue weighted by Crippen LogP contribution is 2.35. The van der Waals surface area contributed by atoms with Crippen LogP contribution in [0.25, 0.3) is 22.2 Å². The zero-order chi connectivity index (χ0) is 22.9. The van der Waals surface area contributed by atoms with Crippen molar-refractivity contribution < 1.29 is 18.7 Å². The standard InChI is InChI=1S/C24H18N4O5/c1-31-17-5-6-19-20(12-17)32-10-8-27(19)21(29)14-28-24(30)18-7-9-33-23(18)22(26-28)16-4-2-3-15(11-16)13-25/h2-7,9,11-12H,8,10,14H2,1H3. The first-order valence-corrected chi connectivity index (χ1v) is 10.2. The maximum Gasteiger partial charge on any atom is 0.278 e. The van der Waals surface area contributed by atoms with Gasteiger partial charge in [-0.1, -0.05) is 12.1 Å².